The Balaban J connectivity index is 2.03. The Hall–Kier alpha value is -2.63. The van der Waals surface area contributed by atoms with Crippen LogP contribution < -0.4 is 4.90 Å². The zero-order valence-electron chi connectivity index (χ0n) is 16.4. The summed E-state index contributed by atoms with van der Waals surface area (Å²) >= 11 is 0. The first-order chi connectivity index (χ1) is 13.1. The average molecular weight is 368 g/mol. The third-order valence-corrected chi connectivity index (χ3v) is 5.19. The molecule has 6 nitrogen and oxygen atoms in total. The summed E-state index contributed by atoms with van der Waals surface area (Å²) in [6, 6.07) is 9.61. The molecule has 2 amide bonds. The van der Waals surface area contributed by atoms with E-state index in [1.54, 1.807) is 9.80 Å². The number of nitrogens with zero attached hydrogens (tertiary/aromatic N) is 4. The summed E-state index contributed by atoms with van der Waals surface area (Å²) in [6.45, 7) is 8.43. The molecule has 0 atom stereocenters. The zero-order valence-corrected chi connectivity index (χ0v) is 16.4. The smallest absolute Gasteiger partial charge is 0.294 e. The average Bonchev–Trinajstić information content (AvgIpc) is 3.10. The molecule has 27 heavy (non-hydrogen) atoms. The molecular weight excluding hydrogens is 340 g/mol. The maximum atomic E-state index is 13.3. The lowest BCUT2D eigenvalue weighted by Gasteiger charge is -2.23. The topological polar surface area (TPSA) is 58.4 Å². The molecule has 0 spiro atoms. The minimum atomic E-state index is -0.148. The molecule has 6 heteroatoms. The molecule has 0 radical (unpaired) electrons. The van der Waals surface area contributed by atoms with E-state index in [0.29, 0.717) is 31.2 Å². The van der Waals surface area contributed by atoms with Gasteiger partial charge in [0.05, 0.1) is 5.69 Å². The summed E-state index contributed by atoms with van der Waals surface area (Å²) in [5, 5.41) is 0. The second-order valence-corrected chi connectivity index (χ2v) is 6.70. The highest BCUT2D eigenvalue weighted by molar-refractivity contribution is 6.05. The van der Waals surface area contributed by atoms with Crippen molar-refractivity contribution in [1.82, 2.24) is 14.5 Å². The summed E-state index contributed by atoms with van der Waals surface area (Å²) < 4.78 is 1.97. The van der Waals surface area contributed by atoms with Crippen LogP contribution in [0.2, 0.25) is 0 Å². The Morgan fingerprint density at radius 3 is 2.33 bits per heavy atom. The van der Waals surface area contributed by atoms with Crippen LogP contribution in [0.15, 0.2) is 30.3 Å². The maximum Gasteiger partial charge on any atom is 0.294 e. The van der Waals surface area contributed by atoms with Gasteiger partial charge < -0.3 is 14.4 Å². The molecule has 1 aliphatic rings. The minimum absolute atomic E-state index is 0.0764. The van der Waals surface area contributed by atoms with Crippen molar-refractivity contribution in [3.8, 4) is 0 Å². The number of anilines is 1. The van der Waals surface area contributed by atoms with Crippen molar-refractivity contribution in [2.45, 2.75) is 46.6 Å². The van der Waals surface area contributed by atoms with Gasteiger partial charge in [0, 0.05) is 31.9 Å². The van der Waals surface area contributed by atoms with Crippen LogP contribution in [-0.2, 0) is 13.0 Å². The number of fused-ring (bicyclic) bond motifs is 1. The molecule has 0 aliphatic carbocycles. The van der Waals surface area contributed by atoms with Crippen molar-refractivity contribution < 1.29 is 9.59 Å². The van der Waals surface area contributed by atoms with Crippen molar-refractivity contribution >= 4 is 17.5 Å². The fraction of sp³-hybridized carbons (Fsp3) is 0.476. The van der Waals surface area contributed by atoms with Crippen LogP contribution in [0.4, 0.5) is 5.69 Å². The number of amides is 2. The first-order valence-electron chi connectivity index (χ1n) is 9.87. The van der Waals surface area contributed by atoms with Crippen molar-refractivity contribution in [3.63, 3.8) is 0 Å². The largest absolute Gasteiger partial charge is 0.338 e. The number of hydrogen-bond donors (Lipinski definition) is 0. The highest BCUT2D eigenvalue weighted by atomic mass is 16.2. The molecule has 0 saturated heterocycles. The lowest BCUT2D eigenvalue weighted by atomic mass is 10.1. The number of carbonyl (C=O) groups is 2. The Labute approximate surface area is 160 Å². The fourth-order valence-electron chi connectivity index (χ4n) is 3.71. The van der Waals surface area contributed by atoms with E-state index in [-0.39, 0.29) is 11.8 Å². The maximum absolute atomic E-state index is 13.3. The first kappa shape index (κ1) is 19.1. The van der Waals surface area contributed by atoms with Gasteiger partial charge in [0.1, 0.15) is 5.69 Å². The highest BCUT2D eigenvalue weighted by Crippen LogP contribution is 2.24. The van der Waals surface area contributed by atoms with Gasteiger partial charge in [0.2, 0.25) is 5.82 Å². The summed E-state index contributed by atoms with van der Waals surface area (Å²) in [5.41, 5.74) is 2.20. The molecule has 1 aromatic heterocycles. The number of aromatic nitrogens is 2. The molecule has 0 unspecified atom stereocenters. The quantitative estimate of drug-likeness (QED) is 0.785. The fourth-order valence-corrected chi connectivity index (χ4v) is 3.71. The number of rotatable bonds is 6. The summed E-state index contributed by atoms with van der Waals surface area (Å²) in [5.74, 6) is 0.156. The van der Waals surface area contributed by atoms with Gasteiger partial charge in [-0.15, -0.1) is 0 Å². The van der Waals surface area contributed by atoms with Gasteiger partial charge in [-0.1, -0.05) is 18.2 Å². The Morgan fingerprint density at radius 2 is 1.70 bits per heavy atom. The number of carbonyl (C=O) groups excluding carboxylic acids is 2. The monoisotopic (exact) mass is 368 g/mol. The standard InChI is InChI=1S/C21H28N4O2/c1-4-23(5-2)20(26)18-17-14-10-11-15-25(17)19(22-18)21(27)24(6-3)16-12-8-7-9-13-16/h7-9,12-13H,4-6,10-11,14-15H2,1-3H3. The minimum Gasteiger partial charge on any atom is -0.338 e. The highest BCUT2D eigenvalue weighted by Gasteiger charge is 2.31. The summed E-state index contributed by atoms with van der Waals surface area (Å²) in [7, 11) is 0. The first-order valence-corrected chi connectivity index (χ1v) is 9.87. The van der Waals surface area contributed by atoms with Crippen LogP contribution in [0, 0.1) is 0 Å². The Morgan fingerprint density at radius 1 is 1.00 bits per heavy atom. The molecule has 144 valence electrons. The lowest BCUT2D eigenvalue weighted by molar-refractivity contribution is 0.0766. The number of benzene rings is 1. The second-order valence-electron chi connectivity index (χ2n) is 6.70. The number of imidazole rings is 1. The van der Waals surface area contributed by atoms with Crippen LogP contribution in [0.3, 0.4) is 0 Å². The van der Waals surface area contributed by atoms with Gasteiger partial charge in [-0.25, -0.2) is 4.98 Å². The molecule has 0 bridgehead atoms. The SMILES string of the molecule is CCN(CC)C(=O)c1nc(C(=O)N(CC)c2ccccc2)n2c1CCCC2. The van der Waals surface area contributed by atoms with Crippen molar-refractivity contribution in [2.24, 2.45) is 0 Å². The number of hydrogen-bond acceptors (Lipinski definition) is 3. The van der Waals surface area contributed by atoms with E-state index in [1.807, 2.05) is 55.7 Å². The zero-order chi connectivity index (χ0) is 19.4. The van der Waals surface area contributed by atoms with E-state index in [0.717, 1.165) is 37.2 Å². The van der Waals surface area contributed by atoms with Crippen molar-refractivity contribution in [1.29, 1.82) is 0 Å². The van der Waals surface area contributed by atoms with E-state index >= 15 is 0 Å². The number of para-hydroxylation sites is 1. The van der Waals surface area contributed by atoms with Crippen LogP contribution in [0.25, 0.3) is 0 Å². The van der Waals surface area contributed by atoms with Gasteiger partial charge in [-0.2, -0.15) is 0 Å². The van der Waals surface area contributed by atoms with E-state index in [1.165, 1.54) is 0 Å². The van der Waals surface area contributed by atoms with E-state index in [2.05, 4.69) is 4.98 Å². The Kier molecular flexibility index (Phi) is 5.94. The predicted octanol–water partition coefficient (Wildman–Crippen LogP) is 3.37. The van der Waals surface area contributed by atoms with E-state index in [4.69, 9.17) is 0 Å². The molecule has 0 saturated carbocycles. The molecule has 1 aromatic carbocycles. The molecule has 0 N–H and O–H groups in total. The van der Waals surface area contributed by atoms with Crippen LogP contribution in [0.5, 0.6) is 0 Å². The van der Waals surface area contributed by atoms with Gasteiger partial charge in [-0.3, -0.25) is 9.59 Å². The normalized spacial score (nSPS) is 13.1. The third-order valence-electron chi connectivity index (χ3n) is 5.19. The second kappa shape index (κ2) is 8.37. The van der Waals surface area contributed by atoms with Gasteiger partial charge in [-0.05, 0) is 52.2 Å². The van der Waals surface area contributed by atoms with E-state index < -0.39 is 0 Å². The van der Waals surface area contributed by atoms with Crippen LogP contribution >= 0.6 is 0 Å². The van der Waals surface area contributed by atoms with Crippen molar-refractivity contribution in [3.05, 3.63) is 47.5 Å². The van der Waals surface area contributed by atoms with Gasteiger partial charge in [0.15, 0.2) is 0 Å². The molecule has 3 rings (SSSR count). The third kappa shape index (κ3) is 3.61. The summed E-state index contributed by atoms with van der Waals surface area (Å²) in [6.07, 6.45) is 2.81. The van der Waals surface area contributed by atoms with Gasteiger partial charge in [0.25, 0.3) is 11.8 Å². The molecule has 2 heterocycles. The molecular formula is C21H28N4O2. The van der Waals surface area contributed by atoms with Crippen molar-refractivity contribution in [2.75, 3.05) is 24.5 Å². The Bertz CT molecular complexity index is 809. The van der Waals surface area contributed by atoms with Crippen LogP contribution in [0.1, 0.15) is 60.4 Å². The predicted molar refractivity (Wildman–Crippen MR) is 106 cm³/mol. The molecule has 0 fully saturated rings. The molecule has 2 aromatic rings. The van der Waals surface area contributed by atoms with Crippen LogP contribution in [-0.4, -0.2) is 45.9 Å². The van der Waals surface area contributed by atoms with E-state index in [9.17, 15) is 9.59 Å². The summed E-state index contributed by atoms with van der Waals surface area (Å²) in [4.78, 5) is 34.3. The lowest BCUT2D eigenvalue weighted by Crippen LogP contribution is -2.33. The molecule has 1 aliphatic heterocycles. The van der Waals surface area contributed by atoms with Gasteiger partial charge >= 0.3 is 0 Å².